The van der Waals surface area contributed by atoms with E-state index in [1.807, 2.05) is 91.9 Å². The van der Waals surface area contributed by atoms with Crippen molar-refractivity contribution in [3.05, 3.63) is 108 Å². The lowest BCUT2D eigenvalue weighted by molar-refractivity contribution is -0.129. The lowest BCUT2D eigenvalue weighted by atomic mass is 9.93. The summed E-state index contributed by atoms with van der Waals surface area (Å²) < 4.78 is 0. The second-order valence-electron chi connectivity index (χ2n) is 6.78. The molecule has 4 rings (SSSR count). The van der Waals surface area contributed by atoms with Gasteiger partial charge in [0.25, 0.3) is 0 Å². The quantitative estimate of drug-likeness (QED) is 0.633. The number of para-hydroxylation sites is 1. The summed E-state index contributed by atoms with van der Waals surface area (Å²) in [6.07, 6.45) is 0. The number of benzene rings is 3. The van der Waals surface area contributed by atoms with Crippen LogP contribution in [0.3, 0.4) is 0 Å². The molecule has 3 aromatic rings. The number of aryl methyl sites for hydroxylation is 1. The van der Waals surface area contributed by atoms with Crippen LogP contribution < -0.4 is 9.80 Å². The summed E-state index contributed by atoms with van der Waals surface area (Å²) in [6.45, 7) is 6.08. The number of nitrogens with zero attached hydrogens (tertiary/aromatic N) is 2. The molecule has 1 aliphatic heterocycles. The summed E-state index contributed by atoms with van der Waals surface area (Å²) in [4.78, 5) is 29.9. The van der Waals surface area contributed by atoms with Crippen molar-refractivity contribution in [1.82, 2.24) is 0 Å². The molecule has 3 aromatic carbocycles. The van der Waals surface area contributed by atoms with Crippen molar-refractivity contribution in [3.8, 4) is 0 Å². The van der Waals surface area contributed by atoms with Gasteiger partial charge < -0.3 is 0 Å². The van der Waals surface area contributed by atoms with Gasteiger partial charge in [-0.1, -0.05) is 72.8 Å². The van der Waals surface area contributed by atoms with Gasteiger partial charge in [0.2, 0.25) is 11.8 Å². The van der Waals surface area contributed by atoms with E-state index in [-0.39, 0.29) is 11.8 Å². The highest BCUT2D eigenvalue weighted by molar-refractivity contribution is 6.23. The Hall–Kier alpha value is -3.66. The Bertz CT molecular complexity index is 966. The minimum atomic E-state index is -0.923. The molecule has 1 fully saturated rings. The molecular formula is C24H20N2O2. The van der Waals surface area contributed by atoms with Crippen LogP contribution in [-0.4, -0.2) is 11.8 Å². The van der Waals surface area contributed by atoms with E-state index in [2.05, 4.69) is 6.58 Å². The van der Waals surface area contributed by atoms with E-state index in [0.29, 0.717) is 22.8 Å². The molecule has 138 valence electrons. The number of hydrogen-bond acceptors (Lipinski definition) is 2. The molecule has 4 heteroatoms. The second kappa shape index (κ2) is 7.16. The van der Waals surface area contributed by atoms with E-state index >= 15 is 0 Å². The Morgan fingerprint density at radius 2 is 1.14 bits per heavy atom. The molecule has 1 unspecified atom stereocenters. The molecule has 0 aliphatic carbocycles. The predicted molar refractivity (Wildman–Crippen MR) is 111 cm³/mol. The Balaban J connectivity index is 1.86. The van der Waals surface area contributed by atoms with Gasteiger partial charge in [0.05, 0.1) is 11.4 Å². The number of hydrogen-bond donors (Lipinski definition) is 0. The first-order valence-electron chi connectivity index (χ1n) is 9.11. The fraction of sp³-hybridized carbons (Fsp3) is 0.0833. The van der Waals surface area contributed by atoms with Crippen LogP contribution in [0.15, 0.2) is 97.3 Å². The van der Waals surface area contributed by atoms with Crippen molar-refractivity contribution < 1.29 is 9.59 Å². The Morgan fingerprint density at radius 1 is 0.679 bits per heavy atom. The van der Waals surface area contributed by atoms with E-state index in [1.165, 1.54) is 9.80 Å². The lowest BCUT2D eigenvalue weighted by Crippen LogP contribution is -2.54. The number of anilines is 2. The lowest BCUT2D eigenvalue weighted by Gasteiger charge is -2.40. The minimum Gasteiger partial charge on any atom is -0.273 e. The van der Waals surface area contributed by atoms with Crippen LogP contribution in [0.2, 0.25) is 0 Å². The van der Waals surface area contributed by atoms with Crippen molar-refractivity contribution >= 4 is 23.2 Å². The summed E-state index contributed by atoms with van der Waals surface area (Å²) in [6, 6.07) is 26.1. The summed E-state index contributed by atoms with van der Waals surface area (Å²) in [5.41, 5.74) is 3.13. The highest BCUT2D eigenvalue weighted by atomic mass is 16.2. The second-order valence-corrected chi connectivity index (χ2v) is 6.78. The first kappa shape index (κ1) is 17.7. The van der Waals surface area contributed by atoms with Gasteiger partial charge >= 0.3 is 0 Å². The van der Waals surface area contributed by atoms with E-state index in [0.717, 1.165) is 5.56 Å². The molecule has 0 spiro atoms. The first-order valence-corrected chi connectivity index (χ1v) is 9.11. The molecule has 0 saturated carbocycles. The molecule has 28 heavy (non-hydrogen) atoms. The van der Waals surface area contributed by atoms with Gasteiger partial charge in [-0.25, -0.2) is 0 Å². The average molecular weight is 368 g/mol. The van der Waals surface area contributed by atoms with E-state index in [1.54, 1.807) is 0 Å². The number of amides is 2. The summed E-state index contributed by atoms with van der Waals surface area (Å²) in [7, 11) is 0. The van der Waals surface area contributed by atoms with Crippen molar-refractivity contribution in [3.63, 3.8) is 0 Å². The number of carbonyl (C=O) groups excluding carboxylic acids is 2. The van der Waals surface area contributed by atoms with E-state index < -0.39 is 5.92 Å². The Morgan fingerprint density at radius 3 is 1.68 bits per heavy atom. The first-order chi connectivity index (χ1) is 13.6. The molecule has 0 radical (unpaired) electrons. The van der Waals surface area contributed by atoms with Gasteiger partial charge in [0.15, 0.2) is 0 Å². The maximum absolute atomic E-state index is 13.4. The van der Waals surface area contributed by atoms with Crippen LogP contribution in [0.4, 0.5) is 11.4 Å². The molecular weight excluding hydrogens is 348 g/mol. The maximum atomic E-state index is 13.4. The van der Waals surface area contributed by atoms with Gasteiger partial charge in [-0.05, 0) is 36.8 Å². The van der Waals surface area contributed by atoms with Crippen molar-refractivity contribution in [2.24, 2.45) is 0 Å². The van der Waals surface area contributed by atoms with Crippen molar-refractivity contribution in [1.29, 1.82) is 0 Å². The van der Waals surface area contributed by atoms with Crippen LogP contribution >= 0.6 is 0 Å². The Kier molecular flexibility index (Phi) is 4.53. The standard InChI is InChI=1S/C24H20N2O2/c1-17-13-15-21(16-14-17)26-18(2)25(20-11-7-4-8-12-20)23(27)22(24(26)28)19-9-5-3-6-10-19/h3-16,22H,2H2,1H3. The predicted octanol–water partition coefficient (Wildman–Crippen LogP) is 4.63. The third-order valence-electron chi connectivity index (χ3n) is 4.89. The summed E-state index contributed by atoms with van der Waals surface area (Å²) >= 11 is 0. The smallest absolute Gasteiger partial charge is 0.249 e. The molecule has 0 N–H and O–H groups in total. The normalized spacial score (nSPS) is 17.2. The van der Waals surface area contributed by atoms with Crippen LogP contribution in [0.5, 0.6) is 0 Å². The zero-order valence-corrected chi connectivity index (χ0v) is 15.6. The molecule has 0 bridgehead atoms. The number of rotatable bonds is 3. The van der Waals surface area contributed by atoms with Crippen LogP contribution in [0.1, 0.15) is 17.0 Å². The van der Waals surface area contributed by atoms with Crippen LogP contribution in [-0.2, 0) is 9.59 Å². The molecule has 2 amide bonds. The van der Waals surface area contributed by atoms with Crippen molar-refractivity contribution in [2.75, 3.05) is 9.80 Å². The van der Waals surface area contributed by atoms with Gasteiger partial charge in [0, 0.05) is 0 Å². The maximum Gasteiger partial charge on any atom is 0.249 e. The summed E-state index contributed by atoms with van der Waals surface area (Å²) in [5, 5.41) is 0. The van der Waals surface area contributed by atoms with Crippen LogP contribution in [0, 0.1) is 6.92 Å². The molecule has 1 atom stereocenters. The topological polar surface area (TPSA) is 40.6 Å². The third kappa shape index (κ3) is 2.99. The molecule has 4 nitrogen and oxygen atoms in total. The molecule has 1 aliphatic rings. The Labute approximate surface area is 164 Å². The molecule has 0 aromatic heterocycles. The van der Waals surface area contributed by atoms with Crippen LogP contribution in [0.25, 0.3) is 0 Å². The largest absolute Gasteiger partial charge is 0.273 e. The third-order valence-corrected chi connectivity index (χ3v) is 4.89. The van der Waals surface area contributed by atoms with E-state index in [9.17, 15) is 9.59 Å². The molecule has 1 saturated heterocycles. The fourth-order valence-corrected chi connectivity index (χ4v) is 3.47. The fourth-order valence-electron chi connectivity index (χ4n) is 3.47. The van der Waals surface area contributed by atoms with E-state index in [4.69, 9.17) is 0 Å². The zero-order chi connectivity index (χ0) is 19.7. The SMILES string of the molecule is C=C1N(c2ccccc2)C(=O)C(c2ccccc2)C(=O)N1c1ccc(C)cc1. The average Bonchev–Trinajstić information content (AvgIpc) is 2.71. The van der Waals surface area contributed by atoms with Gasteiger partial charge in [-0.2, -0.15) is 0 Å². The highest BCUT2D eigenvalue weighted by Gasteiger charge is 2.44. The minimum absolute atomic E-state index is 0.294. The summed E-state index contributed by atoms with van der Waals surface area (Å²) in [5.74, 6) is -1.18. The van der Waals surface area contributed by atoms with Crippen molar-refractivity contribution in [2.45, 2.75) is 12.8 Å². The van der Waals surface area contributed by atoms with Gasteiger partial charge in [0.1, 0.15) is 11.7 Å². The molecule has 1 heterocycles. The number of carbonyl (C=O) groups is 2. The monoisotopic (exact) mass is 368 g/mol. The van der Waals surface area contributed by atoms with Gasteiger partial charge in [-0.15, -0.1) is 0 Å². The van der Waals surface area contributed by atoms with Gasteiger partial charge in [-0.3, -0.25) is 19.4 Å². The zero-order valence-electron chi connectivity index (χ0n) is 15.6. The highest BCUT2D eigenvalue weighted by Crippen LogP contribution is 2.36.